The second-order valence-electron chi connectivity index (χ2n) is 3.75. The van der Waals surface area contributed by atoms with Gasteiger partial charge in [-0.15, -0.1) is 0 Å². The van der Waals surface area contributed by atoms with Gasteiger partial charge in [-0.1, -0.05) is 6.92 Å². The standard InChI is InChI=1S/C4H10O2.2C3H6O2.2CH3.4Y/c1-4(2-5)3-6;2*4-1-3-2-5-3;;;;;;/h4-6H,2-3H2,1H3;2*3-4H,1-2H2;2*1H3;;;;/q;;;2*-1;;;;. The van der Waals surface area contributed by atoms with Crippen molar-refractivity contribution in [1.82, 2.24) is 0 Å². The molecule has 10 heteroatoms. The van der Waals surface area contributed by atoms with Crippen molar-refractivity contribution in [3.63, 3.8) is 0 Å². The fraction of sp³-hybridized carbons (Fsp3) is 0.833. The van der Waals surface area contributed by atoms with E-state index in [9.17, 15) is 0 Å². The average molecular weight is 624 g/mol. The van der Waals surface area contributed by atoms with Crippen LogP contribution in [0.5, 0.6) is 0 Å². The predicted molar refractivity (Wildman–Crippen MR) is 69.8 cm³/mol. The van der Waals surface area contributed by atoms with Gasteiger partial charge < -0.3 is 44.8 Å². The van der Waals surface area contributed by atoms with Crippen LogP contribution in [0.1, 0.15) is 6.92 Å². The van der Waals surface area contributed by atoms with Crippen molar-refractivity contribution in [2.45, 2.75) is 19.1 Å². The Bertz CT molecular complexity index is 147. The number of rotatable bonds is 4. The first-order chi connectivity index (χ1) is 7.67. The molecule has 2 atom stereocenters. The van der Waals surface area contributed by atoms with E-state index < -0.39 is 0 Å². The van der Waals surface area contributed by atoms with Crippen molar-refractivity contribution >= 4 is 0 Å². The summed E-state index contributed by atoms with van der Waals surface area (Å²) < 4.78 is 9.22. The van der Waals surface area contributed by atoms with Gasteiger partial charge in [0.05, 0.1) is 26.4 Å². The minimum Gasteiger partial charge on any atom is -0.396 e. The van der Waals surface area contributed by atoms with E-state index in [0.717, 1.165) is 13.2 Å². The zero-order valence-electron chi connectivity index (χ0n) is 13.9. The molecule has 0 spiro atoms. The maximum Gasteiger partial charge on any atom is 0.104 e. The first-order valence-electron chi connectivity index (χ1n) is 5.34. The fourth-order valence-electron chi connectivity index (χ4n) is 0.405. The average Bonchev–Trinajstić information content (AvgIpc) is 3.23. The number of aliphatic hydroxyl groups excluding tert-OH is 4. The van der Waals surface area contributed by atoms with Crippen molar-refractivity contribution in [2.75, 3.05) is 39.6 Å². The Morgan fingerprint density at radius 3 is 1.00 bits per heavy atom. The maximum atomic E-state index is 8.17. The smallest absolute Gasteiger partial charge is 0.104 e. The van der Waals surface area contributed by atoms with Gasteiger partial charge in [-0.05, 0) is 0 Å². The summed E-state index contributed by atoms with van der Waals surface area (Å²) in [5.74, 6) is 0.0463. The van der Waals surface area contributed by atoms with Gasteiger partial charge in [-0.25, -0.2) is 0 Å². The molecule has 126 valence electrons. The Hall–Kier alpha value is 4.18. The Balaban J connectivity index is -0.0000000270. The van der Waals surface area contributed by atoms with E-state index in [1.165, 1.54) is 0 Å². The van der Waals surface area contributed by atoms with Gasteiger partial charge in [0.15, 0.2) is 0 Å². The van der Waals surface area contributed by atoms with Crippen LogP contribution in [0.2, 0.25) is 0 Å². The molecule has 0 aromatic carbocycles. The molecule has 4 N–H and O–H groups in total. The van der Waals surface area contributed by atoms with Crippen molar-refractivity contribution in [3.8, 4) is 0 Å². The van der Waals surface area contributed by atoms with Crippen molar-refractivity contribution in [2.24, 2.45) is 5.92 Å². The third-order valence-electron chi connectivity index (χ3n) is 1.84. The van der Waals surface area contributed by atoms with Gasteiger partial charge in [0.1, 0.15) is 12.2 Å². The number of hydrogen-bond acceptors (Lipinski definition) is 6. The summed E-state index contributed by atoms with van der Waals surface area (Å²) in [4.78, 5) is 0. The van der Waals surface area contributed by atoms with Gasteiger partial charge in [-0.2, -0.15) is 0 Å². The zero-order valence-corrected chi connectivity index (χ0v) is 25.2. The van der Waals surface area contributed by atoms with Crippen molar-refractivity contribution in [3.05, 3.63) is 14.9 Å². The summed E-state index contributed by atoms with van der Waals surface area (Å²) in [5.41, 5.74) is 0. The van der Waals surface area contributed by atoms with Crippen molar-refractivity contribution in [1.29, 1.82) is 0 Å². The van der Waals surface area contributed by atoms with E-state index in [0.29, 0.717) is 0 Å². The molecule has 6 nitrogen and oxygen atoms in total. The SMILES string of the molecule is CC(CO)CO.OCC1CO1.OCC1CO1.[CH3-].[CH3-].[Y].[Y].[Y].[Y]. The maximum absolute atomic E-state index is 8.17. The molecule has 0 saturated carbocycles. The van der Waals surface area contributed by atoms with Crippen LogP contribution in [0.15, 0.2) is 0 Å². The van der Waals surface area contributed by atoms with E-state index in [1.54, 1.807) is 6.92 Å². The van der Waals surface area contributed by atoms with Gasteiger partial charge in [0, 0.05) is 150 Å². The molecule has 2 aliphatic rings. The summed E-state index contributed by atoms with van der Waals surface area (Å²) in [6.45, 7) is 3.85. The van der Waals surface area contributed by atoms with Crippen LogP contribution >= 0.6 is 0 Å². The number of epoxide rings is 2. The molecular formula is C12H28O6Y4-2. The second-order valence-corrected chi connectivity index (χ2v) is 3.75. The summed E-state index contributed by atoms with van der Waals surface area (Å²) in [7, 11) is 0. The van der Waals surface area contributed by atoms with Crippen molar-refractivity contribution < 1.29 is 161 Å². The van der Waals surface area contributed by atoms with Gasteiger partial charge in [-0.3, -0.25) is 0 Å². The molecule has 0 aromatic rings. The fourth-order valence-corrected chi connectivity index (χ4v) is 0.405. The van der Waals surface area contributed by atoms with E-state index in [2.05, 4.69) is 9.47 Å². The molecule has 22 heavy (non-hydrogen) atoms. The second kappa shape index (κ2) is 32.8. The minimum atomic E-state index is 0. The number of aliphatic hydroxyl groups is 4. The molecular weight excluding hydrogens is 596 g/mol. The first-order valence-corrected chi connectivity index (χ1v) is 5.34. The molecule has 0 amide bonds. The molecule has 4 radical (unpaired) electrons. The van der Waals surface area contributed by atoms with Crippen LogP contribution in [-0.4, -0.2) is 72.3 Å². The first kappa shape index (κ1) is 45.1. The van der Waals surface area contributed by atoms with Gasteiger partial charge in [0.2, 0.25) is 0 Å². The molecule has 0 bridgehead atoms. The Morgan fingerprint density at radius 2 is 1.00 bits per heavy atom. The molecule has 2 unspecified atom stereocenters. The minimum absolute atomic E-state index is 0. The monoisotopic (exact) mass is 624 g/mol. The van der Waals surface area contributed by atoms with Gasteiger partial charge >= 0.3 is 0 Å². The Kier molecular flexibility index (Phi) is 67.3. The van der Waals surface area contributed by atoms with E-state index in [1.807, 2.05) is 0 Å². The van der Waals surface area contributed by atoms with E-state index in [4.69, 9.17) is 20.4 Å². The number of hydrogen-bond donors (Lipinski definition) is 4. The largest absolute Gasteiger partial charge is 0.396 e. The zero-order chi connectivity index (χ0) is 12.4. The molecule has 2 rings (SSSR count). The van der Waals surface area contributed by atoms with Crippen LogP contribution in [0.25, 0.3) is 0 Å². The van der Waals surface area contributed by atoms with Crippen LogP contribution in [0.4, 0.5) is 0 Å². The van der Waals surface area contributed by atoms with Crippen LogP contribution in [0, 0.1) is 20.8 Å². The summed E-state index contributed by atoms with van der Waals surface area (Å²) in [6, 6.07) is 0. The van der Waals surface area contributed by atoms with E-state index in [-0.39, 0.29) is 190 Å². The summed E-state index contributed by atoms with van der Waals surface area (Å²) >= 11 is 0. The topological polar surface area (TPSA) is 106 Å². The molecule has 0 aliphatic carbocycles. The molecule has 2 fully saturated rings. The molecule has 2 saturated heterocycles. The Labute approximate surface area is 236 Å². The third-order valence-corrected chi connectivity index (χ3v) is 1.84. The molecule has 2 heterocycles. The van der Waals surface area contributed by atoms with Crippen LogP contribution in [-0.2, 0) is 140 Å². The summed E-state index contributed by atoms with van der Waals surface area (Å²) in [5, 5.41) is 32.5. The molecule has 0 aromatic heterocycles. The quantitative estimate of drug-likeness (QED) is 0.243. The van der Waals surface area contributed by atoms with Crippen LogP contribution in [0.3, 0.4) is 0 Å². The van der Waals surface area contributed by atoms with Crippen LogP contribution < -0.4 is 0 Å². The normalized spacial score (nSPS) is 18.3. The third kappa shape index (κ3) is 39.3. The van der Waals surface area contributed by atoms with E-state index >= 15 is 0 Å². The molecule has 2 aliphatic heterocycles. The number of ether oxygens (including phenoxy) is 2. The predicted octanol–water partition coefficient (Wildman–Crippen LogP) is -0.747. The Morgan fingerprint density at radius 1 is 0.773 bits per heavy atom. The summed E-state index contributed by atoms with van der Waals surface area (Å²) in [6.07, 6.45) is 0.380. The van der Waals surface area contributed by atoms with Gasteiger partial charge in [0.25, 0.3) is 0 Å².